The lowest BCUT2D eigenvalue weighted by Gasteiger charge is -2.15. The van der Waals surface area contributed by atoms with E-state index in [4.69, 9.17) is 9.47 Å². The van der Waals surface area contributed by atoms with Gasteiger partial charge in [0.2, 0.25) is 0 Å². The van der Waals surface area contributed by atoms with E-state index in [1.54, 1.807) is 43.3 Å². The molecule has 2 aromatic carbocycles. The summed E-state index contributed by atoms with van der Waals surface area (Å²) in [7, 11) is 1.29. The molecule has 0 aliphatic heterocycles. The zero-order valence-electron chi connectivity index (χ0n) is 13.5. The summed E-state index contributed by atoms with van der Waals surface area (Å²) in [4.78, 5) is 23.3. The van der Waals surface area contributed by atoms with Crippen molar-refractivity contribution >= 4 is 17.6 Å². The van der Waals surface area contributed by atoms with Crippen molar-refractivity contribution in [2.24, 2.45) is 0 Å². The minimum Gasteiger partial charge on any atom is -0.482 e. The second kappa shape index (κ2) is 8.57. The zero-order chi connectivity index (χ0) is 17.4. The lowest BCUT2D eigenvalue weighted by atomic mass is 10.2. The average Bonchev–Trinajstić information content (AvgIpc) is 2.60. The SMILES string of the molecule is COC(=O)COc1cccc(NC(=O)C(C)Oc2ccccc2)c1. The van der Waals surface area contributed by atoms with Crippen molar-refractivity contribution in [1.29, 1.82) is 0 Å². The van der Waals surface area contributed by atoms with Gasteiger partial charge in [-0.3, -0.25) is 4.79 Å². The summed E-state index contributed by atoms with van der Waals surface area (Å²) in [6.07, 6.45) is -0.660. The standard InChI is InChI=1S/C18H19NO5/c1-13(24-15-8-4-3-5-9-15)18(21)19-14-7-6-10-16(11-14)23-12-17(20)22-2/h3-11,13H,12H2,1-2H3,(H,19,21). The van der Waals surface area contributed by atoms with E-state index in [2.05, 4.69) is 10.1 Å². The molecule has 0 fully saturated rings. The molecule has 0 radical (unpaired) electrons. The molecule has 0 saturated heterocycles. The molecule has 1 atom stereocenters. The number of esters is 1. The van der Waals surface area contributed by atoms with E-state index in [1.165, 1.54) is 7.11 Å². The van der Waals surface area contributed by atoms with Gasteiger partial charge in [0.1, 0.15) is 11.5 Å². The van der Waals surface area contributed by atoms with Crippen molar-refractivity contribution in [1.82, 2.24) is 0 Å². The average molecular weight is 329 g/mol. The summed E-state index contributed by atoms with van der Waals surface area (Å²) in [5, 5.41) is 2.74. The van der Waals surface area contributed by atoms with Gasteiger partial charge in [-0.05, 0) is 31.2 Å². The Morgan fingerprint density at radius 2 is 1.75 bits per heavy atom. The molecular formula is C18H19NO5. The molecular weight excluding hydrogens is 310 g/mol. The van der Waals surface area contributed by atoms with E-state index in [0.29, 0.717) is 17.2 Å². The van der Waals surface area contributed by atoms with Crippen molar-refractivity contribution in [3.8, 4) is 11.5 Å². The highest BCUT2D eigenvalue weighted by Gasteiger charge is 2.15. The number of carbonyl (C=O) groups is 2. The van der Waals surface area contributed by atoms with E-state index in [1.807, 2.05) is 18.2 Å². The summed E-state index contributed by atoms with van der Waals surface area (Å²) in [5.74, 6) is 0.309. The maximum absolute atomic E-state index is 12.2. The first-order valence-electron chi connectivity index (χ1n) is 7.40. The third-order valence-electron chi connectivity index (χ3n) is 3.11. The van der Waals surface area contributed by atoms with Crippen LogP contribution in [-0.4, -0.2) is 31.7 Å². The number of amides is 1. The fourth-order valence-corrected chi connectivity index (χ4v) is 1.87. The van der Waals surface area contributed by atoms with Crippen LogP contribution in [-0.2, 0) is 14.3 Å². The summed E-state index contributed by atoms with van der Waals surface area (Å²) >= 11 is 0. The molecule has 1 amide bonds. The van der Waals surface area contributed by atoms with Gasteiger partial charge in [0.05, 0.1) is 7.11 Å². The number of carbonyl (C=O) groups excluding carboxylic acids is 2. The van der Waals surface area contributed by atoms with Crippen LogP contribution in [0.2, 0.25) is 0 Å². The van der Waals surface area contributed by atoms with Crippen LogP contribution in [0.25, 0.3) is 0 Å². The van der Waals surface area contributed by atoms with Gasteiger partial charge in [0.15, 0.2) is 12.7 Å². The summed E-state index contributed by atoms with van der Waals surface area (Å²) in [6, 6.07) is 15.8. The highest BCUT2D eigenvalue weighted by Crippen LogP contribution is 2.18. The molecule has 0 aliphatic rings. The Labute approximate surface area is 140 Å². The van der Waals surface area contributed by atoms with Crippen LogP contribution >= 0.6 is 0 Å². The second-order valence-electron chi connectivity index (χ2n) is 4.96. The number of anilines is 1. The quantitative estimate of drug-likeness (QED) is 0.791. The summed E-state index contributed by atoms with van der Waals surface area (Å²) in [6.45, 7) is 1.47. The molecule has 0 spiro atoms. The van der Waals surface area contributed by atoms with E-state index < -0.39 is 12.1 Å². The minimum absolute atomic E-state index is 0.193. The van der Waals surface area contributed by atoms with Gasteiger partial charge in [0.25, 0.3) is 5.91 Å². The Kier molecular flexibility index (Phi) is 6.19. The van der Waals surface area contributed by atoms with Gasteiger partial charge in [-0.25, -0.2) is 4.79 Å². The van der Waals surface area contributed by atoms with Crippen LogP contribution < -0.4 is 14.8 Å². The molecule has 0 aliphatic carbocycles. The fourth-order valence-electron chi connectivity index (χ4n) is 1.87. The molecule has 6 heteroatoms. The molecule has 6 nitrogen and oxygen atoms in total. The van der Waals surface area contributed by atoms with Crippen molar-refractivity contribution in [2.45, 2.75) is 13.0 Å². The lowest BCUT2D eigenvalue weighted by Crippen LogP contribution is -2.30. The third kappa shape index (κ3) is 5.31. The second-order valence-corrected chi connectivity index (χ2v) is 4.96. The van der Waals surface area contributed by atoms with Crippen LogP contribution in [0.5, 0.6) is 11.5 Å². The first kappa shape index (κ1) is 17.3. The molecule has 126 valence electrons. The Hall–Kier alpha value is -3.02. The predicted octanol–water partition coefficient (Wildman–Crippen LogP) is 2.64. The smallest absolute Gasteiger partial charge is 0.343 e. The summed E-state index contributed by atoms with van der Waals surface area (Å²) < 4.78 is 15.4. The molecule has 1 N–H and O–H groups in total. The van der Waals surface area contributed by atoms with E-state index in [0.717, 1.165) is 0 Å². The topological polar surface area (TPSA) is 73.9 Å². The van der Waals surface area contributed by atoms with Gasteiger partial charge < -0.3 is 19.5 Å². The van der Waals surface area contributed by atoms with E-state index in [9.17, 15) is 9.59 Å². The first-order valence-corrected chi connectivity index (χ1v) is 7.40. The molecule has 2 rings (SSSR count). The number of methoxy groups -OCH3 is 1. The molecule has 0 bridgehead atoms. The summed E-state index contributed by atoms with van der Waals surface area (Å²) in [5.41, 5.74) is 0.547. The highest BCUT2D eigenvalue weighted by molar-refractivity contribution is 5.94. The predicted molar refractivity (Wildman–Crippen MR) is 89.1 cm³/mol. The molecule has 0 saturated carbocycles. The molecule has 0 heterocycles. The zero-order valence-corrected chi connectivity index (χ0v) is 13.5. The van der Waals surface area contributed by atoms with Crippen molar-refractivity contribution in [2.75, 3.05) is 19.0 Å². The number of ether oxygens (including phenoxy) is 3. The maximum atomic E-state index is 12.2. The van der Waals surface area contributed by atoms with E-state index >= 15 is 0 Å². The van der Waals surface area contributed by atoms with Gasteiger partial charge >= 0.3 is 5.97 Å². The maximum Gasteiger partial charge on any atom is 0.343 e. The molecule has 0 aromatic heterocycles. The minimum atomic E-state index is -0.660. The number of hydrogen-bond acceptors (Lipinski definition) is 5. The number of hydrogen-bond donors (Lipinski definition) is 1. The van der Waals surface area contributed by atoms with Crippen LogP contribution in [0.1, 0.15) is 6.92 Å². The van der Waals surface area contributed by atoms with Crippen LogP contribution in [0.3, 0.4) is 0 Å². The highest BCUT2D eigenvalue weighted by atomic mass is 16.6. The van der Waals surface area contributed by atoms with Crippen molar-refractivity contribution < 1.29 is 23.8 Å². The van der Waals surface area contributed by atoms with Crippen LogP contribution in [0.4, 0.5) is 5.69 Å². The Balaban J connectivity index is 1.92. The van der Waals surface area contributed by atoms with Crippen LogP contribution in [0, 0.1) is 0 Å². The monoisotopic (exact) mass is 329 g/mol. The lowest BCUT2D eigenvalue weighted by molar-refractivity contribution is -0.142. The van der Waals surface area contributed by atoms with Crippen molar-refractivity contribution in [3.63, 3.8) is 0 Å². The fraction of sp³-hybridized carbons (Fsp3) is 0.222. The number of nitrogens with one attached hydrogen (secondary N) is 1. The first-order chi connectivity index (χ1) is 11.6. The van der Waals surface area contributed by atoms with E-state index in [-0.39, 0.29) is 12.5 Å². The molecule has 24 heavy (non-hydrogen) atoms. The molecule has 2 aromatic rings. The van der Waals surface area contributed by atoms with Crippen molar-refractivity contribution in [3.05, 3.63) is 54.6 Å². The Bertz CT molecular complexity index is 687. The largest absolute Gasteiger partial charge is 0.482 e. The number of rotatable bonds is 7. The van der Waals surface area contributed by atoms with Gasteiger partial charge in [-0.1, -0.05) is 24.3 Å². The van der Waals surface area contributed by atoms with Gasteiger partial charge in [0, 0.05) is 11.8 Å². The Morgan fingerprint density at radius 3 is 2.46 bits per heavy atom. The number of benzene rings is 2. The number of para-hydroxylation sites is 1. The Morgan fingerprint density at radius 1 is 1.04 bits per heavy atom. The normalized spacial score (nSPS) is 11.2. The van der Waals surface area contributed by atoms with Gasteiger partial charge in [-0.2, -0.15) is 0 Å². The van der Waals surface area contributed by atoms with Crippen LogP contribution in [0.15, 0.2) is 54.6 Å². The third-order valence-corrected chi connectivity index (χ3v) is 3.11. The molecule has 1 unspecified atom stereocenters. The van der Waals surface area contributed by atoms with Gasteiger partial charge in [-0.15, -0.1) is 0 Å².